The van der Waals surface area contributed by atoms with Gasteiger partial charge in [0.05, 0.1) is 6.61 Å². The number of ether oxygens (including phenoxy) is 1. The third kappa shape index (κ3) is 5.25. The highest BCUT2D eigenvalue weighted by Crippen LogP contribution is 2.29. The van der Waals surface area contributed by atoms with E-state index in [1.165, 1.54) is 12.8 Å². The van der Waals surface area contributed by atoms with E-state index in [1.54, 1.807) is 0 Å². The first-order valence-electron chi connectivity index (χ1n) is 7.21. The molecule has 1 heterocycles. The highest BCUT2D eigenvalue weighted by Gasteiger charge is 2.31. The molecule has 0 spiro atoms. The number of carbonyl (C=O) groups is 1. The van der Waals surface area contributed by atoms with Gasteiger partial charge in [-0.1, -0.05) is 13.8 Å². The van der Waals surface area contributed by atoms with Gasteiger partial charge in [-0.15, -0.1) is 0 Å². The summed E-state index contributed by atoms with van der Waals surface area (Å²) in [5.41, 5.74) is -0.0762. The number of hydrogen-bond donors (Lipinski definition) is 1. The van der Waals surface area contributed by atoms with Crippen molar-refractivity contribution in [2.75, 3.05) is 26.7 Å². The summed E-state index contributed by atoms with van der Waals surface area (Å²) in [5, 5.41) is 3.01. The third-order valence-corrected chi connectivity index (χ3v) is 3.64. The molecule has 4 heteroatoms. The lowest BCUT2D eigenvalue weighted by atomic mass is 9.90. The molecule has 0 aromatic heterocycles. The second-order valence-corrected chi connectivity index (χ2v) is 5.53. The van der Waals surface area contributed by atoms with Gasteiger partial charge in [0.1, 0.15) is 0 Å². The van der Waals surface area contributed by atoms with Gasteiger partial charge in [-0.2, -0.15) is 0 Å². The summed E-state index contributed by atoms with van der Waals surface area (Å²) >= 11 is 0. The van der Waals surface area contributed by atoms with Crippen LogP contribution in [0, 0.1) is 5.92 Å². The van der Waals surface area contributed by atoms with Crippen molar-refractivity contribution in [3.63, 3.8) is 0 Å². The van der Waals surface area contributed by atoms with E-state index < -0.39 is 0 Å². The minimum atomic E-state index is -0.237. The Bertz CT molecular complexity index is 257. The molecule has 4 nitrogen and oxygen atoms in total. The van der Waals surface area contributed by atoms with Crippen LogP contribution in [0.15, 0.2) is 0 Å². The van der Waals surface area contributed by atoms with Gasteiger partial charge in [-0.05, 0) is 45.6 Å². The first-order chi connectivity index (χ1) is 8.57. The zero-order chi connectivity index (χ0) is 13.6. The van der Waals surface area contributed by atoms with E-state index in [9.17, 15) is 4.79 Å². The Labute approximate surface area is 111 Å². The Morgan fingerprint density at radius 2 is 1.89 bits per heavy atom. The maximum atomic E-state index is 11.6. The predicted octanol–water partition coefficient (Wildman–Crippen LogP) is 2.63. The van der Waals surface area contributed by atoms with Gasteiger partial charge in [0.2, 0.25) is 0 Å². The molecule has 0 aromatic rings. The number of piperidine rings is 1. The summed E-state index contributed by atoms with van der Waals surface area (Å²) in [6.45, 7) is 8.79. The number of nitrogens with zero attached hydrogens (tertiary/aromatic N) is 1. The SMILES string of the molecule is CC.CN1CCC(C)(NC(=O)OCC2CC2)CC1. The second kappa shape index (κ2) is 6.98. The Kier molecular flexibility index (Phi) is 5.93. The van der Waals surface area contributed by atoms with E-state index >= 15 is 0 Å². The standard InChI is InChI=1S/C12H22N2O2.C2H6/c1-12(5-7-14(2)8-6-12)13-11(15)16-9-10-3-4-10;1-2/h10H,3-9H2,1-2H3,(H,13,15);1-2H3. The molecule has 2 fully saturated rings. The smallest absolute Gasteiger partial charge is 0.407 e. The van der Waals surface area contributed by atoms with Crippen LogP contribution in [-0.4, -0.2) is 43.3 Å². The minimum absolute atomic E-state index is 0.0762. The Morgan fingerprint density at radius 1 is 1.33 bits per heavy atom. The fraction of sp³-hybridized carbons (Fsp3) is 0.929. The zero-order valence-corrected chi connectivity index (χ0v) is 12.3. The molecule has 0 aromatic carbocycles. The van der Waals surface area contributed by atoms with Gasteiger partial charge in [0.15, 0.2) is 0 Å². The molecular formula is C14H28N2O2. The maximum Gasteiger partial charge on any atom is 0.407 e. The molecule has 1 aliphatic heterocycles. The monoisotopic (exact) mass is 256 g/mol. The number of carbonyl (C=O) groups excluding carboxylic acids is 1. The Balaban J connectivity index is 0.000000771. The fourth-order valence-corrected chi connectivity index (χ4v) is 2.00. The van der Waals surface area contributed by atoms with Gasteiger partial charge >= 0.3 is 6.09 Å². The zero-order valence-electron chi connectivity index (χ0n) is 12.3. The molecule has 18 heavy (non-hydrogen) atoms. The number of likely N-dealkylation sites (tertiary alicyclic amines) is 1. The maximum absolute atomic E-state index is 11.6. The summed E-state index contributed by atoms with van der Waals surface area (Å²) in [6, 6.07) is 0. The molecule has 2 aliphatic rings. The largest absolute Gasteiger partial charge is 0.449 e. The summed E-state index contributed by atoms with van der Waals surface area (Å²) < 4.78 is 5.20. The highest BCUT2D eigenvalue weighted by molar-refractivity contribution is 5.68. The van der Waals surface area contributed by atoms with Gasteiger partial charge < -0.3 is 15.0 Å². The van der Waals surface area contributed by atoms with Crippen molar-refractivity contribution < 1.29 is 9.53 Å². The van der Waals surface area contributed by atoms with Gasteiger partial charge in [0, 0.05) is 18.6 Å². The number of hydrogen-bond acceptors (Lipinski definition) is 3. The molecule has 1 amide bonds. The van der Waals surface area contributed by atoms with Crippen molar-refractivity contribution in [2.45, 2.75) is 52.0 Å². The van der Waals surface area contributed by atoms with Crippen LogP contribution in [0.2, 0.25) is 0 Å². The summed E-state index contributed by atoms with van der Waals surface area (Å²) in [6.07, 6.45) is 4.20. The number of alkyl carbamates (subject to hydrolysis) is 1. The molecule has 1 aliphatic carbocycles. The Hall–Kier alpha value is -0.770. The number of amides is 1. The summed E-state index contributed by atoms with van der Waals surface area (Å²) in [5.74, 6) is 0.635. The average molecular weight is 256 g/mol. The second-order valence-electron chi connectivity index (χ2n) is 5.53. The van der Waals surface area contributed by atoms with Gasteiger partial charge in [0.25, 0.3) is 0 Å². The van der Waals surface area contributed by atoms with Crippen molar-refractivity contribution in [1.29, 1.82) is 0 Å². The minimum Gasteiger partial charge on any atom is -0.449 e. The van der Waals surface area contributed by atoms with E-state index in [0.717, 1.165) is 25.9 Å². The average Bonchev–Trinajstić information content (AvgIpc) is 3.17. The molecule has 1 saturated heterocycles. The summed E-state index contributed by atoms with van der Waals surface area (Å²) in [7, 11) is 2.12. The van der Waals surface area contributed by atoms with Crippen LogP contribution < -0.4 is 5.32 Å². The third-order valence-electron chi connectivity index (χ3n) is 3.64. The number of rotatable bonds is 3. The lowest BCUT2D eigenvalue weighted by Crippen LogP contribution is -2.52. The first kappa shape index (κ1) is 15.3. The molecule has 106 valence electrons. The van der Waals surface area contributed by atoms with Crippen LogP contribution in [0.4, 0.5) is 4.79 Å². The van der Waals surface area contributed by atoms with E-state index in [1.807, 2.05) is 13.8 Å². The van der Waals surface area contributed by atoms with Crippen LogP contribution in [0.3, 0.4) is 0 Å². The van der Waals surface area contributed by atoms with Crippen LogP contribution in [0.5, 0.6) is 0 Å². The van der Waals surface area contributed by atoms with E-state index in [0.29, 0.717) is 12.5 Å². The van der Waals surface area contributed by atoms with Gasteiger partial charge in [-0.25, -0.2) is 4.79 Å². The first-order valence-corrected chi connectivity index (χ1v) is 7.21. The van der Waals surface area contributed by atoms with E-state index in [2.05, 4.69) is 24.2 Å². The van der Waals surface area contributed by atoms with E-state index in [4.69, 9.17) is 4.74 Å². The fourth-order valence-electron chi connectivity index (χ4n) is 2.00. The highest BCUT2D eigenvalue weighted by atomic mass is 16.5. The van der Waals surface area contributed by atoms with Crippen molar-refractivity contribution in [2.24, 2.45) is 5.92 Å². The lowest BCUT2D eigenvalue weighted by molar-refractivity contribution is 0.112. The molecule has 1 saturated carbocycles. The van der Waals surface area contributed by atoms with Crippen molar-refractivity contribution in [3.8, 4) is 0 Å². The van der Waals surface area contributed by atoms with Crippen molar-refractivity contribution in [3.05, 3.63) is 0 Å². The molecule has 2 rings (SSSR count). The van der Waals surface area contributed by atoms with Gasteiger partial charge in [-0.3, -0.25) is 0 Å². The predicted molar refractivity (Wildman–Crippen MR) is 73.7 cm³/mol. The van der Waals surface area contributed by atoms with Crippen molar-refractivity contribution >= 4 is 6.09 Å². The number of nitrogens with one attached hydrogen (secondary N) is 1. The van der Waals surface area contributed by atoms with Crippen molar-refractivity contribution in [1.82, 2.24) is 10.2 Å². The van der Waals surface area contributed by atoms with Crippen LogP contribution in [-0.2, 0) is 4.74 Å². The molecule has 0 unspecified atom stereocenters. The van der Waals surface area contributed by atoms with Crippen LogP contribution in [0.1, 0.15) is 46.5 Å². The molecule has 1 N–H and O–H groups in total. The molecule has 0 radical (unpaired) electrons. The molecular weight excluding hydrogens is 228 g/mol. The summed E-state index contributed by atoms with van der Waals surface area (Å²) in [4.78, 5) is 13.9. The Morgan fingerprint density at radius 3 is 2.39 bits per heavy atom. The normalized spacial score (nSPS) is 22.7. The van der Waals surface area contributed by atoms with E-state index in [-0.39, 0.29) is 11.6 Å². The molecule has 0 atom stereocenters. The quantitative estimate of drug-likeness (QED) is 0.844. The molecule has 0 bridgehead atoms. The lowest BCUT2D eigenvalue weighted by Gasteiger charge is -2.38. The van der Waals surface area contributed by atoms with Crippen LogP contribution >= 0.6 is 0 Å². The topological polar surface area (TPSA) is 41.6 Å². The van der Waals surface area contributed by atoms with Crippen LogP contribution in [0.25, 0.3) is 0 Å².